The van der Waals surface area contributed by atoms with E-state index >= 15 is 0 Å². The van der Waals surface area contributed by atoms with Crippen molar-refractivity contribution in [2.75, 3.05) is 5.32 Å². The summed E-state index contributed by atoms with van der Waals surface area (Å²) >= 11 is 0. The number of nitrogens with one attached hydrogen (secondary N) is 1. The van der Waals surface area contributed by atoms with Gasteiger partial charge >= 0.3 is 10.1 Å². The van der Waals surface area contributed by atoms with E-state index in [-0.39, 0.29) is 10.6 Å². The van der Waals surface area contributed by atoms with Gasteiger partial charge in [0, 0.05) is 18.3 Å². The smallest absolute Gasteiger partial charge is 0.339 e. The van der Waals surface area contributed by atoms with E-state index in [2.05, 4.69) is 17.4 Å². The Labute approximate surface area is 211 Å². The van der Waals surface area contributed by atoms with Crippen molar-refractivity contribution in [1.82, 2.24) is 9.38 Å². The van der Waals surface area contributed by atoms with Gasteiger partial charge in [-0.2, -0.15) is 8.42 Å². The molecule has 0 saturated carbocycles. The van der Waals surface area contributed by atoms with Crippen molar-refractivity contribution < 1.29 is 12.6 Å². The van der Waals surface area contributed by atoms with E-state index in [0.717, 1.165) is 33.8 Å². The van der Waals surface area contributed by atoms with Crippen LogP contribution in [0.4, 0.5) is 5.82 Å². The van der Waals surface area contributed by atoms with Crippen molar-refractivity contribution in [3.63, 3.8) is 0 Å². The molecular formula is C29H27N3O3S. The average molecular weight is 498 g/mol. The third-order valence-electron chi connectivity index (χ3n) is 6.02. The van der Waals surface area contributed by atoms with Crippen molar-refractivity contribution >= 4 is 21.6 Å². The molecule has 0 unspecified atom stereocenters. The maximum absolute atomic E-state index is 13.1. The van der Waals surface area contributed by atoms with E-state index in [4.69, 9.17) is 9.17 Å². The summed E-state index contributed by atoms with van der Waals surface area (Å²) in [7, 11) is -3.97. The second kappa shape index (κ2) is 9.51. The van der Waals surface area contributed by atoms with Gasteiger partial charge in [-0.05, 0) is 73.9 Å². The van der Waals surface area contributed by atoms with E-state index in [1.807, 2.05) is 78.2 Å². The van der Waals surface area contributed by atoms with Crippen molar-refractivity contribution in [3.8, 4) is 17.0 Å². The van der Waals surface area contributed by atoms with Crippen molar-refractivity contribution in [3.05, 3.63) is 113 Å². The van der Waals surface area contributed by atoms with Crippen LogP contribution in [-0.4, -0.2) is 17.8 Å². The standard InChI is InChI=1S/C29H27N3O3S/c1-20-17-21(2)28(22(3)18-20)36(33,34)35-25-14-12-24(13-15-25)27-29(30-19-23-9-5-4-6-10-23)32-16-8-7-11-26(32)31-27/h4-18,30H,19H2,1-3H3. The molecule has 0 atom stereocenters. The number of benzene rings is 3. The van der Waals surface area contributed by atoms with E-state index < -0.39 is 10.1 Å². The molecule has 0 radical (unpaired) electrons. The summed E-state index contributed by atoms with van der Waals surface area (Å²) in [5.41, 5.74) is 5.95. The molecule has 0 aliphatic heterocycles. The van der Waals surface area contributed by atoms with Crippen molar-refractivity contribution in [2.45, 2.75) is 32.2 Å². The van der Waals surface area contributed by atoms with Crippen LogP contribution in [0.15, 0.2) is 96.0 Å². The summed E-state index contributed by atoms with van der Waals surface area (Å²) in [4.78, 5) is 5.03. The number of rotatable bonds is 7. The van der Waals surface area contributed by atoms with Crippen LogP contribution in [0.2, 0.25) is 0 Å². The fourth-order valence-corrected chi connectivity index (χ4v) is 5.90. The third-order valence-corrected chi connectivity index (χ3v) is 7.58. The Kier molecular flexibility index (Phi) is 6.24. The van der Waals surface area contributed by atoms with Gasteiger partial charge in [0.1, 0.15) is 27.8 Å². The first-order valence-electron chi connectivity index (χ1n) is 11.7. The van der Waals surface area contributed by atoms with Gasteiger partial charge in [0.2, 0.25) is 0 Å². The molecule has 6 nitrogen and oxygen atoms in total. The molecule has 1 N–H and O–H groups in total. The number of aromatic nitrogens is 2. The Bertz CT molecular complexity index is 1620. The minimum atomic E-state index is -3.97. The molecule has 5 aromatic rings. The summed E-state index contributed by atoms with van der Waals surface area (Å²) in [6.07, 6.45) is 1.97. The first kappa shape index (κ1) is 23.6. The topological polar surface area (TPSA) is 72.7 Å². The van der Waals surface area contributed by atoms with E-state index in [9.17, 15) is 8.42 Å². The lowest BCUT2D eigenvalue weighted by Gasteiger charge is -2.13. The van der Waals surface area contributed by atoms with Crippen molar-refractivity contribution in [1.29, 1.82) is 0 Å². The Balaban J connectivity index is 1.45. The van der Waals surface area contributed by atoms with Gasteiger partial charge in [0.05, 0.1) is 0 Å². The molecule has 5 rings (SSSR count). The van der Waals surface area contributed by atoms with Crippen LogP contribution in [-0.2, 0) is 16.7 Å². The highest BCUT2D eigenvalue weighted by atomic mass is 32.2. The first-order valence-corrected chi connectivity index (χ1v) is 13.1. The van der Waals surface area contributed by atoms with Crippen LogP contribution < -0.4 is 9.50 Å². The zero-order valence-electron chi connectivity index (χ0n) is 20.4. The largest absolute Gasteiger partial charge is 0.379 e. The van der Waals surface area contributed by atoms with Gasteiger partial charge in [-0.25, -0.2) is 4.98 Å². The zero-order chi connectivity index (χ0) is 25.3. The molecule has 3 aromatic carbocycles. The fraction of sp³-hybridized carbons (Fsp3) is 0.138. The predicted molar refractivity (Wildman–Crippen MR) is 143 cm³/mol. The highest BCUT2D eigenvalue weighted by Crippen LogP contribution is 2.32. The minimum Gasteiger partial charge on any atom is -0.379 e. The molecule has 0 spiro atoms. The minimum absolute atomic E-state index is 0.213. The molecule has 2 aromatic heterocycles. The summed E-state index contributed by atoms with van der Waals surface area (Å²) in [5, 5.41) is 3.52. The molecule has 0 amide bonds. The zero-order valence-corrected chi connectivity index (χ0v) is 21.2. The lowest BCUT2D eigenvalue weighted by atomic mass is 10.1. The predicted octanol–water partition coefficient (Wildman–Crippen LogP) is 6.31. The SMILES string of the molecule is Cc1cc(C)c(S(=O)(=O)Oc2ccc(-c3nc4ccccn4c3NCc3ccccc3)cc2)c(C)c1. The molecule has 36 heavy (non-hydrogen) atoms. The van der Waals surface area contributed by atoms with Gasteiger partial charge in [-0.1, -0.05) is 54.1 Å². The summed E-state index contributed by atoms with van der Waals surface area (Å²) < 4.78 is 33.6. The second-order valence-electron chi connectivity index (χ2n) is 8.87. The van der Waals surface area contributed by atoms with Crippen LogP contribution in [0.5, 0.6) is 5.75 Å². The lowest BCUT2D eigenvalue weighted by molar-refractivity contribution is 0.485. The average Bonchev–Trinajstić information content (AvgIpc) is 3.21. The summed E-state index contributed by atoms with van der Waals surface area (Å²) in [6.45, 7) is 6.16. The number of hydrogen-bond donors (Lipinski definition) is 1. The maximum Gasteiger partial charge on any atom is 0.339 e. The summed E-state index contributed by atoms with van der Waals surface area (Å²) in [6, 6.07) is 26.7. The Hall–Kier alpha value is -4.10. The Morgan fingerprint density at radius 2 is 1.53 bits per heavy atom. The van der Waals surface area contributed by atoms with Crippen LogP contribution >= 0.6 is 0 Å². The molecule has 7 heteroatoms. The van der Waals surface area contributed by atoms with Gasteiger partial charge < -0.3 is 9.50 Å². The van der Waals surface area contributed by atoms with Crippen LogP contribution in [0.25, 0.3) is 16.9 Å². The van der Waals surface area contributed by atoms with Crippen molar-refractivity contribution in [2.24, 2.45) is 0 Å². The van der Waals surface area contributed by atoms with E-state index in [0.29, 0.717) is 17.7 Å². The van der Waals surface area contributed by atoms with Gasteiger partial charge in [0.25, 0.3) is 0 Å². The first-order chi connectivity index (χ1) is 17.3. The Morgan fingerprint density at radius 3 is 2.22 bits per heavy atom. The number of aryl methyl sites for hydroxylation is 3. The maximum atomic E-state index is 13.1. The number of imidazole rings is 1. The quantitative estimate of drug-likeness (QED) is 0.267. The number of fused-ring (bicyclic) bond motifs is 1. The number of hydrogen-bond acceptors (Lipinski definition) is 5. The number of pyridine rings is 1. The number of anilines is 1. The van der Waals surface area contributed by atoms with Crippen LogP contribution in [0.3, 0.4) is 0 Å². The van der Waals surface area contributed by atoms with E-state index in [1.165, 1.54) is 0 Å². The van der Waals surface area contributed by atoms with Crippen LogP contribution in [0, 0.1) is 20.8 Å². The monoisotopic (exact) mass is 497 g/mol. The normalized spacial score (nSPS) is 11.5. The summed E-state index contributed by atoms with van der Waals surface area (Å²) in [5.74, 6) is 1.11. The van der Waals surface area contributed by atoms with Gasteiger partial charge in [-0.3, -0.25) is 4.40 Å². The third kappa shape index (κ3) is 4.70. The molecular weight excluding hydrogens is 470 g/mol. The van der Waals surface area contributed by atoms with Gasteiger partial charge in [-0.15, -0.1) is 0 Å². The molecule has 2 heterocycles. The molecule has 182 valence electrons. The molecule has 0 bridgehead atoms. The Morgan fingerprint density at radius 1 is 0.861 bits per heavy atom. The lowest BCUT2D eigenvalue weighted by Crippen LogP contribution is -2.13. The highest BCUT2D eigenvalue weighted by Gasteiger charge is 2.22. The fourth-order valence-electron chi connectivity index (χ4n) is 4.55. The van der Waals surface area contributed by atoms with Gasteiger partial charge in [0.15, 0.2) is 0 Å². The second-order valence-corrected chi connectivity index (χ2v) is 10.3. The molecule has 0 saturated heterocycles. The highest BCUT2D eigenvalue weighted by molar-refractivity contribution is 7.87. The van der Waals surface area contributed by atoms with E-state index in [1.54, 1.807) is 26.0 Å². The molecule has 0 aliphatic carbocycles. The number of nitrogens with zero attached hydrogens (tertiary/aromatic N) is 2. The molecule has 0 fully saturated rings. The van der Waals surface area contributed by atoms with Crippen LogP contribution in [0.1, 0.15) is 22.3 Å². The molecule has 0 aliphatic rings.